The standard InChI is InChI=1S/C33H34BIN2O8/c1-18-12-23-30(33(42)37(32(23)41)22-7-5-6-21(16-22)34(43)44)24(17-38)29(18)27(39)10-9-20(26-8-3-4-11-36-26)13-19-14-25(35)31(40)28(15-19)45-2/h3-8,11,13-16,23-24,27,30,38-40,43-44H,9-10,12,17H2,1-2H3/b20-13-/t23-,24+,27-,30-/m1/s1. The number of imide groups is 1. The number of amides is 2. The number of pyridine rings is 1. The number of nitrogens with zero attached hydrogens (tertiary/aromatic N) is 2. The van der Waals surface area contributed by atoms with Crippen LogP contribution in [0.25, 0.3) is 11.6 Å². The second kappa shape index (κ2) is 13.8. The molecule has 1 saturated heterocycles. The Morgan fingerprint density at radius 3 is 2.60 bits per heavy atom. The molecular weight excluding hydrogens is 690 g/mol. The van der Waals surface area contributed by atoms with Crippen molar-refractivity contribution in [2.45, 2.75) is 32.3 Å². The number of fused-ring (bicyclic) bond motifs is 1. The molecule has 45 heavy (non-hydrogen) atoms. The highest BCUT2D eigenvalue weighted by atomic mass is 127. The third-order valence-corrected chi connectivity index (χ3v) is 9.43. The van der Waals surface area contributed by atoms with E-state index in [1.165, 1.54) is 25.3 Å². The van der Waals surface area contributed by atoms with E-state index in [9.17, 15) is 35.0 Å². The highest BCUT2D eigenvalue weighted by molar-refractivity contribution is 14.1. The number of benzene rings is 2. The minimum Gasteiger partial charge on any atom is -0.504 e. The molecule has 2 aromatic carbocycles. The van der Waals surface area contributed by atoms with E-state index in [0.717, 1.165) is 21.6 Å². The molecule has 3 aromatic rings. The number of phenols is 1. The van der Waals surface area contributed by atoms with Gasteiger partial charge < -0.3 is 30.1 Å². The molecule has 2 heterocycles. The molecule has 12 heteroatoms. The van der Waals surface area contributed by atoms with E-state index in [-0.39, 0.29) is 29.7 Å². The van der Waals surface area contributed by atoms with Gasteiger partial charge in [-0.3, -0.25) is 19.5 Å². The van der Waals surface area contributed by atoms with E-state index in [4.69, 9.17) is 4.74 Å². The third kappa shape index (κ3) is 6.56. The molecule has 1 aromatic heterocycles. The summed E-state index contributed by atoms with van der Waals surface area (Å²) in [4.78, 5) is 32.8. The van der Waals surface area contributed by atoms with Crippen molar-refractivity contribution in [2.75, 3.05) is 18.6 Å². The summed E-state index contributed by atoms with van der Waals surface area (Å²) in [6.07, 6.45) is 3.52. The Morgan fingerprint density at radius 1 is 1.16 bits per heavy atom. The molecule has 2 amide bonds. The van der Waals surface area contributed by atoms with Crippen molar-refractivity contribution < 1.29 is 39.7 Å². The summed E-state index contributed by atoms with van der Waals surface area (Å²) in [5.74, 6) is -2.86. The van der Waals surface area contributed by atoms with E-state index in [2.05, 4.69) is 4.98 Å². The summed E-state index contributed by atoms with van der Waals surface area (Å²) in [5, 5.41) is 51.6. The molecule has 1 aliphatic heterocycles. The molecule has 0 unspecified atom stereocenters. The van der Waals surface area contributed by atoms with Crippen LogP contribution in [0.3, 0.4) is 0 Å². The van der Waals surface area contributed by atoms with E-state index in [1.54, 1.807) is 18.3 Å². The van der Waals surface area contributed by atoms with E-state index in [1.807, 2.05) is 59.9 Å². The zero-order valence-corrected chi connectivity index (χ0v) is 27.0. The maximum atomic E-state index is 13.8. The van der Waals surface area contributed by atoms with Crippen molar-refractivity contribution in [1.82, 2.24) is 4.98 Å². The molecule has 0 bridgehead atoms. The van der Waals surface area contributed by atoms with Gasteiger partial charge in [0.05, 0.1) is 46.6 Å². The lowest BCUT2D eigenvalue weighted by Gasteiger charge is -2.35. The summed E-state index contributed by atoms with van der Waals surface area (Å²) < 4.78 is 5.94. The first kappa shape index (κ1) is 32.8. The molecule has 5 rings (SSSR count). The van der Waals surface area contributed by atoms with Crippen molar-refractivity contribution >= 4 is 64.3 Å². The summed E-state index contributed by atoms with van der Waals surface area (Å²) in [6.45, 7) is 1.39. The van der Waals surface area contributed by atoms with Crippen LogP contribution in [0.4, 0.5) is 5.69 Å². The molecule has 2 aliphatic rings. The number of carbonyl (C=O) groups excluding carboxylic acids is 2. The fourth-order valence-electron chi connectivity index (χ4n) is 6.50. The topological polar surface area (TPSA) is 161 Å². The van der Waals surface area contributed by atoms with Gasteiger partial charge in [-0.1, -0.05) is 23.8 Å². The first-order chi connectivity index (χ1) is 21.5. The van der Waals surface area contributed by atoms with E-state index < -0.39 is 49.4 Å². The van der Waals surface area contributed by atoms with Crippen LogP contribution in [0.1, 0.15) is 37.4 Å². The highest BCUT2D eigenvalue weighted by Crippen LogP contribution is 2.47. The predicted octanol–water partition coefficient (Wildman–Crippen LogP) is 2.90. The molecule has 1 fully saturated rings. The fourth-order valence-corrected chi connectivity index (χ4v) is 7.13. The predicted molar refractivity (Wildman–Crippen MR) is 178 cm³/mol. The third-order valence-electron chi connectivity index (χ3n) is 8.60. The van der Waals surface area contributed by atoms with Crippen LogP contribution in [0, 0.1) is 21.3 Å². The number of aliphatic hydroxyl groups is 2. The number of hydrogen-bond acceptors (Lipinski definition) is 9. The number of aromatic nitrogens is 1. The van der Waals surface area contributed by atoms with Gasteiger partial charge >= 0.3 is 7.12 Å². The highest BCUT2D eigenvalue weighted by Gasteiger charge is 2.54. The number of ether oxygens (including phenoxy) is 1. The number of allylic oxidation sites excluding steroid dienone is 2. The van der Waals surface area contributed by atoms with Crippen LogP contribution in [0.15, 0.2) is 71.9 Å². The smallest absolute Gasteiger partial charge is 0.488 e. The van der Waals surface area contributed by atoms with Crippen LogP contribution in [-0.2, 0) is 9.59 Å². The Labute approximate surface area is 275 Å². The van der Waals surface area contributed by atoms with E-state index >= 15 is 0 Å². The van der Waals surface area contributed by atoms with Crippen molar-refractivity contribution in [3.63, 3.8) is 0 Å². The second-order valence-electron chi connectivity index (χ2n) is 11.3. The Morgan fingerprint density at radius 2 is 1.93 bits per heavy atom. The number of aromatic hydroxyl groups is 1. The molecule has 0 spiro atoms. The zero-order valence-electron chi connectivity index (χ0n) is 24.8. The Hall–Kier alpha value is -3.56. The molecule has 10 nitrogen and oxygen atoms in total. The first-order valence-corrected chi connectivity index (χ1v) is 15.6. The van der Waals surface area contributed by atoms with Gasteiger partial charge in [0.1, 0.15) is 0 Å². The number of aliphatic hydroxyl groups excluding tert-OH is 2. The molecule has 4 atom stereocenters. The lowest BCUT2D eigenvalue weighted by atomic mass is 9.68. The average Bonchev–Trinajstić information content (AvgIpc) is 3.28. The number of phenolic OH excluding ortho intramolecular Hbond substituents is 1. The number of rotatable bonds is 10. The van der Waals surface area contributed by atoms with Crippen molar-refractivity contribution in [3.8, 4) is 11.5 Å². The normalized spacial score (nSPS) is 20.8. The minimum atomic E-state index is -1.76. The molecule has 5 N–H and O–H groups in total. The van der Waals surface area contributed by atoms with Gasteiger partial charge in [-0.25, -0.2) is 0 Å². The van der Waals surface area contributed by atoms with Gasteiger partial charge in [0.2, 0.25) is 11.8 Å². The monoisotopic (exact) mass is 724 g/mol. The Balaban J connectivity index is 1.42. The number of carbonyl (C=O) groups is 2. The molecule has 0 radical (unpaired) electrons. The average molecular weight is 724 g/mol. The lowest BCUT2D eigenvalue weighted by molar-refractivity contribution is -0.123. The summed E-state index contributed by atoms with van der Waals surface area (Å²) in [5.41, 5.74) is 4.00. The van der Waals surface area contributed by atoms with Crippen LogP contribution >= 0.6 is 22.6 Å². The minimum absolute atomic E-state index is 0.0512. The molecule has 234 valence electrons. The van der Waals surface area contributed by atoms with Crippen molar-refractivity contribution in [1.29, 1.82) is 0 Å². The van der Waals surface area contributed by atoms with Crippen LogP contribution in [0.2, 0.25) is 0 Å². The van der Waals surface area contributed by atoms with Crippen molar-refractivity contribution in [2.24, 2.45) is 17.8 Å². The maximum absolute atomic E-state index is 13.8. The van der Waals surface area contributed by atoms with Crippen LogP contribution < -0.4 is 15.1 Å². The first-order valence-electron chi connectivity index (χ1n) is 14.6. The second-order valence-corrected chi connectivity index (χ2v) is 12.5. The Bertz CT molecular complexity index is 1660. The maximum Gasteiger partial charge on any atom is 0.488 e. The summed E-state index contributed by atoms with van der Waals surface area (Å²) >= 11 is 2.03. The number of halogens is 1. The van der Waals surface area contributed by atoms with Gasteiger partial charge in [0.25, 0.3) is 0 Å². The fraction of sp³-hybridized carbons (Fsp3) is 0.303. The van der Waals surface area contributed by atoms with Gasteiger partial charge in [0.15, 0.2) is 11.5 Å². The molecule has 1 aliphatic carbocycles. The van der Waals surface area contributed by atoms with Gasteiger partial charge in [-0.05, 0) is 113 Å². The zero-order chi connectivity index (χ0) is 32.4. The van der Waals surface area contributed by atoms with Crippen molar-refractivity contribution in [3.05, 3.63) is 86.8 Å². The number of methoxy groups -OCH3 is 1. The van der Waals surface area contributed by atoms with Gasteiger partial charge in [-0.2, -0.15) is 0 Å². The van der Waals surface area contributed by atoms with Crippen LogP contribution in [0.5, 0.6) is 11.5 Å². The van der Waals surface area contributed by atoms with Gasteiger partial charge in [0, 0.05) is 12.1 Å². The largest absolute Gasteiger partial charge is 0.504 e. The number of anilines is 1. The van der Waals surface area contributed by atoms with Gasteiger partial charge in [-0.15, -0.1) is 0 Å². The molecular formula is C33H34BIN2O8. The Kier molecular flexibility index (Phi) is 10.1. The lowest BCUT2D eigenvalue weighted by Crippen LogP contribution is -2.39. The SMILES string of the molecule is COc1cc(/C=C(/CC[C@@H](O)C2=C(C)C[C@H]3C(=O)N(c4cccc(B(O)O)c4)C(=O)[C@H]3[C@H]2CO)c2ccccn2)cc(I)c1O. The number of hydrogen-bond donors (Lipinski definition) is 5. The van der Waals surface area contributed by atoms with E-state index in [0.29, 0.717) is 27.0 Å². The summed E-state index contributed by atoms with van der Waals surface area (Å²) in [6, 6.07) is 15.1. The molecule has 0 saturated carbocycles. The van der Waals surface area contributed by atoms with Crippen LogP contribution in [-0.4, -0.2) is 69.1 Å². The quantitative estimate of drug-likeness (QED) is 0.0918. The summed E-state index contributed by atoms with van der Waals surface area (Å²) in [7, 11) is -0.282.